The summed E-state index contributed by atoms with van der Waals surface area (Å²) in [4.78, 5) is 12.1. The summed E-state index contributed by atoms with van der Waals surface area (Å²) >= 11 is 5.88. The van der Waals surface area contributed by atoms with Crippen molar-refractivity contribution in [1.82, 2.24) is 9.97 Å². The Morgan fingerprint density at radius 2 is 1.63 bits per heavy atom. The molecule has 0 aliphatic carbocycles. The van der Waals surface area contributed by atoms with Crippen LogP contribution in [0.3, 0.4) is 0 Å². The molecule has 156 valence electrons. The quantitative estimate of drug-likeness (QED) is 0.486. The van der Waals surface area contributed by atoms with E-state index in [-0.39, 0.29) is 0 Å². The Morgan fingerprint density at radius 1 is 0.933 bits per heavy atom. The summed E-state index contributed by atoms with van der Waals surface area (Å²) in [5, 5.41) is 0.984. The summed E-state index contributed by atoms with van der Waals surface area (Å²) in [5.74, 6) is 3.51. The normalized spacial score (nSPS) is 14.4. The smallest absolute Gasteiger partial charge is 0.162 e. The van der Waals surface area contributed by atoms with Crippen molar-refractivity contribution < 1.29 is 9.47 Å². The molecule has 0 amide bonds. The fourth-order valence-electron chi connectivity index (χ4n) is 3.77. The zero-order valence-corrected chi connectivity index (χ0v) is 18.2. The first-order chi connectivity index (χ1) is 14.7. The zero-order valence-electron chi connectivity index (χ0n) is 17.4. The third-order valence-corrected chi connectivity index (χ3v) is 5.72. The number of hydrogen-bond acceptors (Lipinski definition) is 5. The van der Waals surface area contributed by atoms with Crippen molar-refractivity contribution in [1.29, 1.82) is 0 Å². The van der Waals surface area contributed by atoms with Gasteiger partial charge in [0.25, 0.3) is 0 Å². The zero-order chi connectivity index (χ0) is 20.9. The second kappa shape index (κ2) is 9.35. The van der Waals surface area contributed by atoms with Crippen molar-refractivity contribution in [2.75, 3.05) is 32.2 Å². The Hall–Kier alpha value is -2.79. The summed E-state index contributed by atoms with van der Waals surface area (Å²) in [6.45, 7) is 2.01. The topological polar surface area (TPSA) is 47.5 Å². The molecule has 6 heteroatoms. The van der Waals surface area contributed by atoms with Gasteiger partial charge in [0.15, 0.2) is 17.3 Å². The van der Waals surface area contributed by atoms with Crippen LogP contribution < -0.4 is 14.4 Å². The molecule has 30 heavy (non-hydrogen) atoms. The fraction of sp³-hybridized carbons (Fsp3) is 0.333. The average Bonchev–Trinajstić information content (AvgIpc) is 2.82. The summed E-state index contributed by atoms with van der Waals surface area (Å²) in [6.07, 6.45) is 7.61. The lowest BCUT2D eigenvalue weighted by Gasteiger charge is -2.29. The average molecular weight is 424 g/mol. The van der Waals surface area contributed by atoms with Crippen molar-refractivity contribution in [3.63, 3.8) is 0 Å². The largest absolute Gasteiger partial charge is 0.493 e. The molecule has 1 aliphatic rings. The summed E-state index contributed by atoms with van der Waals surface area (Å²) < 4.78 is 11.0. The van der Waals surface area contributed by atoms with E-state index in [0.29, 0.717) is 23.2 Å². The molecule has 4 rings (SSSR count). The van der Waals surface area contributed by atoms with Gasteiger partial charge >= 0.3 is 0 Å². The van der Waals surface area contributed by atoms with Crippen LogP contribution in [0.1, 0.15) is 36.2 Å². The number of rotatable bonds is 6. The first-order valence-corrected chi connectivity index (χ1v) is 10.8. The number of halogens is 1. The Bertz CT molecular complexity index is 1040. The summed E-state index contributed by atoms with van der Waals surface area (Å²) in [6, 6.07) is 12.1. The molecule has 5 nitrogen and oxygen atoms in total. The minimum Gasteiger partial charge on any atom is -0.493 e. The number of nitrogens with zero attached hydrogens (tertiary/aromatic N) is 3. The van der Waals surface area contributed by atoms with Gasteiger partial charge in [0, 0.05) is 30.4 Å². The highest BCUT2D eigenvalue weighted by Crippen LogP contribution is 2.36. The second-order valence-corrected chi connectivity index (χ2v) is 7.65. The molecule has 1 fully saturated rings. The van der Waals surface area contributed by atoms with E-state index >= 15 is 0 Å². The molecule has 0 atom stereocenters. The van der Waals surface area contributed by atoms with Gasteiger partial charge in [0.2, 0.25) is 0 Å². The van der Waals surface area contributed by atoms with Gasteiger partial charge < -0.3 is 14.4 Å². The number of piperidine rings is 1. The van der Waals surface area contributed by atoms with E-state index in [1.807, 2.05) is 36.4 Å². The molecular formula is C24H26ClN3O2. The lowest BCUT2D eigenvalue weighted by molar-refractivity contribution is 0.355. The summed E-state index contributed by atoms with van der Waals surface area (Å²) in [7, 11) is 3.29. The third kappa shape index (κ3) is 4.36. The van der Waals surface area contributed by atoms with Crippen LogP contribution in [-0.2, 0) is 5.88 Å². The van der Waals surface area contributed by atoms with Crippen molar-refractivity contribution in [3.8, 4) is 11.5 Å². The molecule has 0 spiro atoms. The number of benzene rings is 2. The van der Waals surface area contributed by atoms with Crippen molar-refractivity contribution in [2.24, 2.45) is 0 Å². The Balaban J connectivity index is 1.77. The Morgan fingerprint density at radius 3 is 2.30 bits per heavy atom. The van der Waals surface area contributed by atoms with Crippen LogP contribution in [0.2, 0.25) is 0 Å². The molecule has 2 aromatic carbocycles. The lowest BCUT2D eigenvalue weighted by atomic mass is 10.1. The number of alkyl halides is 1. The van der Waals surface area contributed by atoms with Crippen LogP contribution >= 0.6 is 11.6 Å². The molecule has 1 aliphatic heterocycles. The fourth-order valence-corrected chi connectivity index (χ4v) is 3.95. The van der Waals surface area contributed by atoms with Gasteiger partial charge in [-0.05, 0) is 42.5 Å². The maximum absolute atomic E-state index is 5.88. The van der Waals surface area contributed by atoms with E-state index in [0.717, 1.165) is 40.9 Å². The predicted molar refractivity (Wildman–Crippen MR) is 124 cm³/mol. The monoisotopic (exact) mass is 423 g/mol. The van der Waals surface area contributed by atoms with E-state index < -0.39 is 0 Å². The van der Waals surface area contributed by atoms with Crippen LogP contribution in [0, 0.1) is 0 Å². The van der Waals surface area contributed by atoms with Crippen LogP contribution in [0.25, 0.3) is 23.1 Å². The van der Waals surface area contributed by atoms with Crippen molar-refractivity contribution >= 4 is 40.5 Å². The molecule has 0 radical (unpaired) electrons. The first-order valence-electron chi connectivity index (χ1n) is 10.2. The second-order valence-electron chi connectivity index (χ2n) is 7.39. The highest BCUT2D eigenvalue weighted by atomic mass is 35.5. The highest BCUT2D eigenvalue weighted by molar-refractivity contribution is 6.17. The van der Waals surface area contributed by atoms with Crippen LogP contribution in [-0.4, -0.2) is 37.3 Å². The predicted octanol–water partition coefficient (Wildman–Crippen LogP) is 5.55. The van der Waals surface area contributed by atoms with Gasteiger partial charge in [0.05, 0.1) is 19.7 Å². The molecule has 3 aromatic rings. The summed E-state index contributed by atoms with van der Waals surface area (Å²) in [5.41, 5.74) is 3.03. The molecule has 0 bridgehead atoms. The van der Waals surface area contributed by atoms with Gasteiger partial charge in [-0.1, -0.05) is 30.3 Å². The lowest BCUT2D eigenvalue weighted by Crippen LogP contribution is -2.30. The van der Waals surface area contributed by atoms with E-state index in [4.69, 9.17) is 31.0 Å². The molecule has 0 unspecified atom stereocenters. The van der Waals surface area contributed by atoms with Crippen molar-refractivity contribution in [3.05, 3.63) is 53.3 Å². The first kappa shape index (κ1) is 20.5. The van der Waals surface area contributed by atoms with Gasteiger partial charge in [-0.2, -0.15) is 0 Å². The Labute approximate surface area is 182 Å². The number of anilines is 1. The molecule has 1 saturated heterocycles. The van der Waals surface area contributed by atoms with E-state index in [2.05, 4.69) is 17.0 Å². The minimum absolute atomic E-state index is 0.516. The number of methoxy groups -OCH3 is 2. The molecule has 0 saturated carbocycles. The molecular weight excluding hydrogens is 398 g/mol. The van der Waals surface area contributed by atoms with Gasteiger partial charge in [0.1, 0.15) is 5.82 Å². The minimum atomic E-state index is 0.516. The molecule has 2 heterocycles. The van der Waals surface area contributed by atoms with E-state index in [9.17, 15) is 0 Å². The molecule has 0 N–H and O–H groups in total. The number of fused-ring (bicyclic) bond motifs is 1. The number of hydrogen-bond donors (Lipinski definition) is 0. The van der Waals surface area contributed by atoms with Crippen LogP contribution in [0.4, 0.5) is 5.82 Å². The maximum Gasteiger partial charge on any atom is 0.162 e. The van der Waals surface area contributed by atoms with Gasteiger partial charge in [-0.25, -0.2) is 9.97 Å². The number of aromatic nitrogens is 2. The Kier molecular flexibility index (Phi) is 6.38. The number of ether oxygens (including phenoxy) is 2. The maximum atomic E-state index is 5.88. The van der Waals surface area contributed by atoms with E-state index in [1.54, 1.807) is 14.2 Å². The highest BCUT2D eigenvalue weighted by Gasteiger charge is 2.19. The molecule has 1 aromatic heterocycles. The van der Waals surface area contributed by atoms with Crippen LogP contribution in [0.5, 0.6) is 11.5 Å². The van der Waals surface area contributed by atoms with Gasteiger partial charge in [-0.3, -0.25) is 0 Å². The van der Waals surface area contributed by atoms with E-state index in [1.165, 1.54) is 19.3 Å². The third-order valence-electron chi connectivity index (χ3n) is 5.41. The SMILES string of the molecule is COc1cc2nc(/C=C/c3ccc(CCl)cc3)nc(N3CCCCC3)c2cc1OC. The standard InChI is InChI=1S/C24H26ClN3O2/c1-29-21-14-19-20(15-22(21)30-2)26-23(27-24(19)28-12-4-3-5-13-28)11-10-17-6-8-18(16-25)9-7-17/h6-11,14-15H,3-5,12-13,16H2,1-2H3/b11-10+. The van der Waals surface area contributed by atoms with Crippen LogP contribution in [0.15, 0.2) is 36.4 Å². The van der Waals surface area contributed by atoms with Crippen molar-refractivity contribution in [2.45, 2.75) is 25.1 Å². The van der Waals surface area contributed by atoms with Gasteiger partial charge in [-0.15, -0.1) is 11.6 Å².